The van der Waals surface area contributed by atoms with Crippen LogP contribution in [-0.2, 0) is 9.53 Å². The Hall–Kier alpha value is 0.0500. The quantitative estimate of drug-likeness (QED) is 0.335. The van der Waals surface area contributed by atoms with Crippen LogP contribution < -0.4 is 0 Å². The summed E-state index contributed by atoms with van der Waals surface area (Å²) in [5.74, 6) is -0.112. The second-order valence-electron chi connectivity index (χ2n) is 4.32. The van der Waals surface area contributed by atoms with E-state index in [0.717, 1.165) is 44.9 Å². The van der Waals surface area contributed by atoms with E-state index in [1.54, 1.807) is 0 Å². The number of halogens is 2. The van der Waals surface area contributed by atoms with Crippen LogP contribution in [0.3, 0.4) is 0 Å². The Morgan fingerprint density at radius 1 is 1.06 bits per heavy atom. The van der Waals surface area contributed by atoms with Gasteiger partial charge in [0, 0.05) is 17.2 Å². The Bertz CT molecular complexity index is 198. The van der Waals surface area contributed by atoms with Crippen molar-refractivity contribution in [2.75, 3.05) is 7.11 Å². The van der Waals surface area contributed by atoms with Gasteiger partial charge in [-0.15, -0.1) is 23.2 Å². The van der Waals surface area contributed by atoms with E-state index in [1.165, 1.54) is 7.11 Å². The molecule has 0 bridgehead atoms. The summed E-state index contributed by atoms with van der Waals surface area (Å²) in [7, 11) is 1.43. The molecule has 0 aromatic heterocycles. The van der Waals surface area contributed by atoms with Crippen molar-refractivity contribution < 1.29 is 9.53 Å². The Morgan fingerprint density at radius 3 is 2.24 bits per heavy atom. The van der Waals surface area contributed by atoms with Crippen molar-refractivity contribution in [3.8, 4) is 0 Å². The van der Waals surface area contributed by atoms with Crippen LogP contribution in [0.25, 0.3) is 0 Å². The molecule has 0 aromatic rings. The van der Waals surface area contributed by atoms with E-state index >= 15 is 0 Å². The zero-order chi connectivity index (χ0) is 13.1. The number of esters is 1. The Balaban J connectivity index is 3.26. The molecule has 0 aromatic carbocycles. The van der Waals surface area contributed by atoms with Crippen LogP contribution in [-0.4, -0.2) is 23.8 Å². The van der Waals surface area contributed by atoms with Gasteiger partial charge >= 0.3 is 5.97 Å². The van der Waals surface area contributed by atoms with Gasteiger partial charge in [-0.2, -0.15) is 0 Å². The minimum atomic E-state index is -0.112. The van der Waals surface area contributed by atoms with E-state index in [4.69, 9.17) is 23.2 Å². The minimum absolute atomic E-state index is 0.0935. The molecule has 0 aliphatic carbocycles. The SMILES string of the molecule is CCC(Cl)C(Cl)CCCCCCCC(=O)OC. The topological polar surface area (TPSA) is 26.3 Å². The molecule has 0 amide bonds. The molecule has 2 nitrogen and oxygen atoms in total. The number of carbonyl (C=O) groups is 1. The summed E-state index contributed by atoms with van der Waals surface area (Å²) >= 11 is 12.2. The number of methoxy groups -OCH3 is 1. The molecule has 102 valence electrons. The number of alkyl halides is 2. The maximum absolute atomic E-state index is 10.8. The third kappa shape index (κ3) is 9.72. The van der Waals surface area contributed by atoms with Crippen molar-refractivity contribution in [1.82, 2.24) is 0 Å². The molecular formula is C13H24Cl2O2. The highest BCUT2D eigenvalue weighted by molar-refractivity contribution is 6.29. The van der Waals surface area contributed by atoms with Gasteiger partial charge in [-0.1, -0.05) is 32.6 Å². The van der Waals surface area contributed by atoms with Gasteiger partial charge in [-0.25, -0.2) is 0 Å². The highest BCUT2D eigenvalue weighted by Gasteiger charge is 2.13. The smallest absolute Gasteiger partial charge is 0.305 e. The standard InChI is InChI=1S/C13H24Cl2O2/c1-3-11(14)12(15)9-7-5-4-6-8-10-13(16)17-2/h11-12H,3-10H2,1-2H3. The normalized spacial score (nSPS) is 14.4. The van der Waals surface area contributed by atoms with Gasteiger partial charge in [0.2, 0.25) is 0 Å². The monoisotopic (exact) mass is 282 g/mol. The van der Waals surface area contributed by atoms with Crippen LogP contribution in [0.2, 0.25) is 0 Å². The first-order valence-electron chi connectivity index (χ1n) is 6.46. The zero-order valence-electron chi connectivity index (χ0n) is 10.9. The summed E-state index contributed by atoms with van der Waals surface area (Å²) in [6.07, 6.45) is 7.89. The van der Waals surface area contributed by atoms with Crippen LogP contribution in [0, 0.1) is 0 Å². The van der Waals surface area contributed by atoms with Gasteiger partial charge in [-0.05, 0) is 19.3 Å². The molecule has 0 spiro atoms. The number of carbonyl (C=O) groups excluding carboxylic acids is 1. The number of rotatable bonds is 10. The number of hydrogen-bond acceptors (Lipinski definition) is 2. The highest BCUT2D eigenvalue weighted by atomic mass is 35.5. The number of ether oxygens (including phenoxy) is 1. The molecular weight excluding hydrogens is 259 g/mol. The number of hydrogen-bond donors (Lipinski definition) is 0. The van der Waals surface area contributed by atoms with Crippen molar-refractivity contribution in [1.29, 1.82) is 0 Å². The molecule has 2 atom stereocenters. The first-order chi connectivity index (χ1) is 8.11. The maximum atomic E-state index is 10.8. The Kier molecular flexibility index (Phi) is 11.2. The summed E-state index contributed by atoms with van der Waals surface area (Å²) in [4.78, 5) is 10.8. The second-order valence-corrected chi connectivity index (χ2v) is 5.44. The third-order valence-corrected chi connectivity index (χ3v) is 4.14. The first kappa shape index (κ1) is 17.1. The molecule has 17 heavy (non-hydrogen) atoms. The fourth-order valence-electron chi connectivity index (χ4n) is 1.68. The van der Waals surface area contributed by atoms with Gasteiger partial charge in [0.05, 0.1) is 7.11 Å². The molecule has 0 aliphatic rings. The average molecular weight is 283 g/mol. The van der Waals surface area contributed by atoms with Crippen molar-refractivity contribution in [2.24, 2.45) is 0 Å². The lowest BCUT2D eigenvalue weighted by Gasteiger charge is -2.13. The predicted octanol–water partition coefficient (Wildman–Crippen LogP) is 4.51. The Labute approximate surface area is 115 Å². The number of unbranched alkanes of at least 4 members (excludes halogenated alkanes) is 4. The van der Waals surface area contributed by atoms with Crippen LogP contribution >= 0.6 is 23.2 Å². The van der Waals surface area contributed by atoms with Gasteiger partial charge in [0.25, 0.3) is 0 Å². The van der Waals surface area contributed by atoms with Crippen molar-refractivity contribution in [3.05, 3.63) is 0 Å². The molecule has 4 heteroatoms. The lowest BCUT2D eigenvalue weighted by Crippen LogP contribution is -2.13. The molecule has 0 saturated heterocycles. The van der Waals surface area contributed by atoms with E-state index in [1.807, 2.05) is 0 Å². The zero-order valence-corrected chi connectivity index (χ0v) is 12.4. The van der Waals surface area contributed by atoms with E-state index in [9.17, 15) is 4.79 Å². The average Bonchev–Trinajstić information content (AvgIpc) is 2.35. The van der Waals surface area contributed by atoms with Crippen molar-refractivity contribution in [3.63, 3.8) is 0 Å². The predicted molar refractivity (Wildman–Crippen MR) is 73.9 cm³/mol. The van der Waals surface area contributed by atoms with Crippen molar-refractivity contribution >= 4 is 29.2 Å². The van der Waals surface area contributed by atoms with E-state index < -0.39 is 0 Å². The lowest BCUT2D eigenvalue weighted by molar-refractivity contribution is -0.140. The molecule has 0 saturated carbocycles. The summed E-state index contributed by atoms with van der Waals surface area (Å²) in [5, 5.41) is 0.188. The molecule has 0 heterocycles. The van der Waals surface area contributed by atoms with Gasteiger partial charge in [0.1, 0.15) is 0 Å². The molecule has 0 fully saturated rings. The van der Waals surface area contributed by atoms with Gasteiger partial charge < -0.3 is 4.74 Å². The van der Waals surface area contributed by atoms with Crippen LogP contribution in [0.5, 0.6) is 0 Å². The van der Waals surface area contributed by atoms with Gasteiger partial charge in [0.15, 0.2) is 0 Å². The summed E-state index contributed by atoms with van der Waals surface area (Å²) in [5.41, 5.74) is 0. The second kappa shape index (κ2) is 11.2. The molecule has 0 aliphatic heterocycles. The molecule has 0 rings (SSSR count). The van der Waals surface area contributed by atoms with Crippen LogP contribution in [0.4, 0.5) is 0 Å². The fourth-order valence-corrected chi connectivity index (χ4v) is 2.14. The third-order valence-electron chi connectivity index (χ3n) is 2.87. The van der Waals surface area contributed by atoms with Crippen LogP contribution in [0.1, 0.15) is 58.3 Å². The van der Waals surface area contributed by atoms with Crippen LogP contribution in [0.15, 0.2) is 0 Å². The first-order valence-corrected chi connectivity index (χ1v) is 7.34. The lowest BCUT2D eigenvalue weighted by atomic mass is 10.1. The van der Waals surface area contributed by atoms with Crippen molar-refractivity contribution in [2.45, 2.75) is 69.0 Å². The minimum Gasteiger partial charge on any atom is -0.469 e. The summed E-state index contributed by atoms with van der Waals surface area (Å²) < 4.78 is 4.58. The fraction of sp³-hybridized carbons (Fsp3) is 0.923. The van der Waals surface area contributed by atoms with E-state index in [2.05, 4.69) is 11.7 Å². The largest absolute Gasteiger partial charge is 0.469 e. The van der Waals surface area contributed by atoms with E-state index in [0.29, 0.717) is 6.42 Å². The molecule has 0 radical (unpaired) electrons. The Morgan fingerprint density at radius 2 is 1.65 bits per heavy atom. The molecule has 2 unspecified atom stereocenters. The summed E-state index contributed by atoms with van der Waals surface area (Å²) in [6.45, 7) is 2.06. The van der Waals surface area contributed by atoms with Gasteiger partial charge in [-0.3, -0.25) is 4.79 Å². The molecule has 0 N–H and O–H groups in total. The highest BCUT2D eigenvalue weighted by Crippen LogP contribution is 2.20. The van der Waals surface area contributed by atoms with E-state index in [-0.39, 0.29) is 16.7 Å². The summed E-state index contributed by atoms with van der Waals surface area (Å²) in [6, 6.07) is 0. The maximum Gasteiger partial charge on any atom is 0.305 e.